The van der Waals surface area contributed by atoms with Gasteiger partial charge in [0, 0.05) is 23.7 Å². The van der Waals surface area contributed by atoms with Crippen molar-refractivity contribution in [1.29, 1.82) is 0 Å². The highest BCUT2D eigenvalue weighted by Crippen LogP contribution is 2.26. The third-order valence-electron chi connectivity index (χ3n) is 2.79. The van der Waals surface area contributed by atoms with E-state index in [0.717, 1.165) is 29.2 Å². The van der Waals surface area contributed by atoms with Crippen molar-refractivity contribution in [2.24, 2.45) is 0 Å². The van der Waals surface area contributed by atoms with Crippen molar-refractivity contribution in [3.63, 3.8) is 0 Å². The molecule has 0 atom stereocenters. The highest BCUT2D eigenvalue weighted by molar-refractivity contribution is 5.60. The normalized spacial score (nSPS) is 10.9. The Labute approximate surface area is 108 Å². The molecule has 1 N–H and O–H groups in total. The Balaban J connectivity index is 2.27. The van der Waals surface area contributed by atoms with Crippen LogP contribution in [-0.2, 0) is 6.54 Å². The third-order valence-corrected chi connectivity index (χ3v) is 2.79. The first-order valence-corrected chi connectivity index (χ1v) is 6.15. The summed E-state index contributed by atoms with van der Waals surface area (Å²) in [6, 6.07) is 10.4. The average molecular weight is 245 g/mol. The summed E-state index contributed by atoms with van der Waals surface area (Å²) < 4.78 is 10.8. The van der Waals surface area contributed by atoms with Gasteiger partial charge in [-0.3, -0.25) is 0 Å². The molecule has 1 heterocycles. The second kappa shape index (κ2) is 5.74. The maximum Gasteiger partial charge on any atom is 0.133 e. The molecular weight excluding hydrogens is 226 g/mol. The zero-order chi connectivity index (χ0) is 13.0. The molecule has 0 saturated heterocycles. The van der Waals surface area contributed by atoms with E-state index in [9.17, 15) is 0 Å². The van der Waals surface area contributed by atoms with Crippen LogP contribution in [0, 0.1) is 0 Å². The minimum absolute atomic E-state index is 0.446. The molecule has 2 aromatic rings. The van der Waals surface area contributed by atoms with E-state index >= 15 is 0 Å². The standard InChI is InChI=1S/C15H19NO2/c1-11(2)16-10-13-9-12(6-7-14(13)17-3)15-5-4-8-18-15/h4-9,11,16H,10H2,1-3H3. The molecule has 0 aliphatic rings. The quantitative estimate of drug-likeness (QED) is 0.876. The number of benzene rings is 1. The number of rotatable bonds is 5. The van der Waals surface area contributed by atoms with Crippen LogP contribution < -0.4 is 10.1 Å². The molecule has 0 unspecified atom stereocenters. The lowest BCUT2D eigenvalue weighted by atomic mass is 10.1. The molecule has 0 bridgehead atoms. The molecule has 0 amide bonds. The SMILES string of the molecule is COc1ccc(-c2ccco2)cc1CNC(C)C. The second-order valence-corrected chi connectivity index (χ2v) is 4.54. The predicted octanol–water partition coefficient (Wildman–Crippen LogP) is 3.45. The summed E-state index contributed by atoms with van der Waals surface area (Å²) in [4.78, 5) is 0. The summed E-state index contributed by atoms with van der Waals surface area (Å²) in [5.41, 5.74) is 2.21. The molecule has 1 aromatic carbocycles. The zero-order valence-corrected chi connectivity index (χ0v) is 11.1. The first-order valence-electron chi connectivity index (χ1n) is 6.15. The number of methoxy groups -OCH3 is 1. The molecule has 96 valence electrons. The van der Waals surface area contributed by atoms with E-state index in [1.54, 1.807) is 13.4 Å². The Morgan fingerprint density at radius 3 is 2.72 bits per heavy atom. The molecular formula is C15H19NO2. The van der Waals surface area contributed by atoms with Crippen molar-refractivity contribution in [2.75, 3.05) is 7.11 Å². The van der Waals surface area contributed by atoms with Crippen LogP contribution in [0.25, 0.3) is 11.3 Å². The molecule has 0 aliphatic carbocycles. The van der Waals surface area contributed by atoms with Crippen molar-refractivity contribution in [3.05, 3.63) is 42.2 Å². The lowest BCUT2D eigenvalue weighted by Gasteiger charge is -2.13. The van der Waals surface area contributed by atoms with Crippen molar-refractivity contribution in [3.8, 4) is 17.1 Å². The van der Waals surface area contributed by atoms with Crippen LogP contribution in [0.5, 0.6) is 5.75 Å². The van der Waals surface area contributed by atoms with Crippen molar-refractivity contribution in [1.82, 2.24) is 5.32 Å². The minimum atomic E-state index is 0.446. The fourth-order valence-electron chi connectivity index (χ4n) is 1.83. The lowest BCUT2D eigenvalue weighted by molar-refractivity contribution is 0.406. The summed E-state index contributed by atoms with van der Waals surface area (Å²) in [5, 5.41) is 3.40. The number of hydrogen-bond donors (Lipinski definition) is 1. The second-order valence-electron chi connectivity index (χ2n) is 4.54. The highest BCUT2D eigenvalue weighted by Gasteiger charge is 2.07. The summed E-state index contributed by atoms with van der Waals surface area (Å²) in [5.74, 6) is 1.78. The zero-order valence-electron chi connectivity index (χ0n) is 11.1. The fraction of sp³-hybridized carbons (Fsp3) is 0.333. The van der Waals surface area contributed by atoms with Crippen LogP contribution in [0.1, 0.15) is 19.4 Å². The molecule has 2 rings (SSSR count). The Bertz CT molecular complexity index is 489. The van der Waals surface area contributed by atoms with E-state index in [-0.39, 0.29) is 0 Å². The van der Waals surface area contributed by atoms with Gasteiger partial charge in [-0.15, -0.1) is 0 Å². The first-order chi connectivity index (χ1) is 8.70. The number of hydrogen-bond acceptors (Lipinski definition) is 3. The summed E-state index contributed by atoms with van der Waals surface area (Å²) in [6.45, 7) is 5.04. The summed E-state index contributed by atoms with van der Waals surface area (Å²) in [7, 11) is 1.70. The van der Waals surface area contributed by atoms with Crippen LogP contribution in [0.2, 0.25) is 0 Å². The largest absolute Gasteiger partial charge is 0.496 e. The molecule has 0 saturated carbocycles. The van der Waals surface area contributed by atoms with Crippen molar-refractivity contribution < 1.29 is 9.15 Å². The van der Waals surface area contributed by atoms with Crippen LogP contribution in [0.4, 0.5) is 0 Å². The van der Waals surface area contributed by atoms with Crippen LogP contribution in [0.15, 0.2) is 41.0 Å². The van der Waals surface area contributed by atoms with Gasteiger partial charge in [-0.2, -0.15) is 0 Å². The van der Waals surface area contributed by atoms with Crippen LogP contribution in [0.3, 0.4) is 0 Å². The van der Waals surface area contributed by atoms with Crippen molar-refractivity contribution in [2.45, 2.75) is 26.4 Å². The van der Waals surface area contributed by atoms with Gasteiger partial charge in [0.25, 0.3) is 0 Å². The smallest absolute Gasteiger partial charge is 0.133 e. The molecule has 0 fully saturated rings. The monoisotopic (exact) mass is 245 g/mol. The van der Waals surface area contributed by atoms with Gasteiger partial charge in [0.05, 0.1) is 13.4 Å². The maximum absolute atomic E-state index is 5.41. The van der Waals surface area contributed by atoms with Crippen LogP contribution in [-0.4, -0.2) is 13.2 Å². The number of ether oxygens (including phenoxy) is 1. The van der Waals surface area contributed by atoms with Gasteiger partial charge in [-0.1, -0.05) is 13.8 Å². The van der Waals surface area contributed by atoms with Gasteiger partial charge >= 0.3 is 0 Å². The molecule has 0 aliphatic heterocycles. The minimum Gasteiger partial charge on any atom is -0.496 e. The number of nitrogens with one attached hydrogen (secondary N) is 1. The van der Waals surface area contributed by atoms with E-state index in [1.807, 2.05) is 24.3 Å². The summed E-state index contributed by atoms with van der Waals surface area (Å²) >= 11 is 0. The molecule has 18 heavy (non-hydrogen) atoms. The van der Waals surface area contributed by atoms with E-state index < -0.39 is 0 Å². The third kappa shape index (κ3) is 2.93. The van der Waals surface area contributed by atoms with Crippen LogP contribution >= 0.6 is 0 Å². The van der Waals surface area contributed by atoms with Crippen molar-refractivity contribution >= 4 is 0 Å². The molecule has 3 nitrogen and oxygen atoms in total. The molecule has 0 spiro atoms. The molecule has 1 aromatic heterocycles. The Hall–Kier alpha value is -1.74. The highest BCUT2D eigenvalue weighted by atomic mass is 16.5. The average Bonchev–Trinajstić information content (AvgIpc) is 2.89. The van der Waals surface area contributed by atoms with E-state index in [2.05, 4.69) is 25.2 Å². The maximum atomic E-state index is 5.41. The Kier molecular flexibility index (Phi) is 4.05. The fourth-order valence-corrected chi connectivity index (χ4v) is 1.83. The van der Waals surface area contributed by atoms with Gasteiger partial charge in [-0.25, -0.2) is 0 Å². The topological polar surface area (TPSA) is 34.4 Å². The van der Waals surface area contributed by atoms with E-state index in [0.29, 0.717) is 6.04 Å². The van der Waals surface area contributed by atoms with Gasteiger partial charge < -0.3 is 14.5 Å². The van der Waals surface area contributed by atoms with E-state index in [1.165, 1.54) is 0 Å². The van der Waals surface area contributed by atoms with Gasteiger partial charge in [0.1, 0.15) is 11.5 Å². The molecule has 3 heteroatoms. The van der Waals surface area contributed by atoms with Gasteiger partial charge in [-0.05, 0) is 30.3 Å². The first kappa shape index (κ1) is 12.7. The van der Waals surface area contributed by atoms with E-state index in [4.69, 9.17) is 9.15 Å². The summed E-state index contributed by atoms with van der Waals surface area (Å²) in [6.07, 6.45) is 1.69. The Morgan fingerprint density at radius 2 is 2.11 bits per heavy atom. The lowest BCUT2D eigenvalue weighted by Crippen LogP contribution is -2.22. The van der Waals surface area contributed by atoms with Gasteiger partial charge in [0.15, 0.2) is 0 Å². The molecule has 0 radical (unpaired) electrons. The number of furan rings is 1. The predicted molar refractivity (Wildman–Crippen MR) is 72.7 cm³/mol. The Morgan fingerprint density at radius 1 is 1.28 bits per heavy atom. The van der Waals surface area contributed by atoms with Gasteiger partial charge in [0.2, 0.25) is 0 Å².